The molecule has 0 saturated carbocycles. The number of nitrogens with one attached hydrogen (secondary N) is 2. The van der Waals surface area contributed by atoms with Crippen molar-refractivity contribution in [3.8, 4) is 0 Å². The zero-order valence-electron chi connectivity index (χ0n) is 12.5. The summed E-state index contributed by atoms with van der Waals surface area (Å²) in [6, 6.07) is 0. The normalized spacial score (nSPS) is 15.3. The first kappa shape index (κ1) is 17.3. The van der Waals surface area contributed by atoms with Crippen LogP contribution in [0, 0.1) is 6.92 Å². The van der Waals surface area contributed by atoms with Gasteiger partial charge in [-0.25, -0.2) is 0 Å². The van der Waals surface area contributed by atoms with Crippen molar-refractivity contribution in [1.29, 1.82) is 0 Å². The summed E-state index contributed by atoms with van der Waals surface area (Å²) in [6.45, 7) is 8.30. The number of guanidine groups is 1. The van der Waals surface area contributed by atoms with Crippen LogP contribution in [0.4, 0.5) is 0 Å². The summed E-state index contributed by atoms with van der Waals surface area (Å²) in [4.78, 5) is 7.09. The Morgan fingerprint density at radius 2 is 2.20 bits per heavy atom. The average molecular weight is 391 g/mol. The molecule has 6 heteroatoms. The van der Waals surface area contributed by atoms with E-state index < -0.39 is 0 Å². The summed E-state index contributed by atoms with van der Waals surface area (Å²) in [5.74, 6) is 1.09. The standard InChI is InChI=1S/C14H25N5.HI/c1-3-15-14(19-9-4-5-10-19)16-8-6-7-13-11-17-18-12(13)2;/h11H,3-10H2,1-2H3,(H,15,16)(H,17,18);1H. The van der Waals surface area contributed by atoms with Crippen LogP contribution < -0.4 is 5.32 Å². The topological polar surface area (TPSA) is 56.3 Å². The van der Waals surface area contributed by atoms with Gasteiger partial charge in [0, 0.05) is 31.9 Å². The van der Waals surface area contributed by atoms with E-state index in [4.69, 9.17) is 4.99 Å². The van der Waals surface area contributed by atoms with Crippen LogP contribution in [0.15, 0.2) is 11.2 Å². The second-order valence-corrected chi connectivity index (χ2v) is 5.05. The lowest BCUT2D eigenvalue weighted by atomic mass is 10.1. The molecule has 1 aliphatic rings. The third-order valence-electron chi connectivity index (χ3n) is 3.54. The van der Waals surface area contributed by atoms with Crippen LogP contribution >= 0.6 is 24.0 Å². The molecule has 2 N–H and O–H groups in total. The van der Waals surface area contributed by atoms with Crippen LogP contribution in [0.25, 0.3) is 0 Å². The number of H-pyrrole nitrogens is 1. The van der Waals surface area contributed by atoms with Crippen molar-refractivity contribution in [1.82, 2.24) is 20.4 Å². The molecular formula is C14H26IN5. The molecule has 0 radical (unpaired) electrons. The zero-order chi connectivity index (χ0) is 13.5. The summed E-state index contributed by atoms with van der Waals surface area (Å²) < 4.78 is 0. The molecule has 5 nitrogen and oxygen atoms in total. The first-order valence-electron chi connectivity index (χ1n) is 7.33. The van der Waals surface area contributed by atoms with E-state index in [2.05, 4.69) is 34.3 Å². The highest BCUT2D eigenvalue weighted by atomic mass is 127. The van der Waals surface area contributed by atoms with E-state index in [0.29, 0.717) is 0 Å². The van der Waals surface area contributed by atoms with E-state index in [1.807, 2.05) is 6.20 Å². The molecule has 1 fully saturated rings. The highest BCUT2D eigenvalue weighted by molar-refractivity contribution is 14.0. The van der Waals surface area contributed by atoms with Gasteiger partial charge in [0.2, 0.25) is 0 Å². The molecule has 1 aliphatic heterocycles. The maximum absolute atomic E-state index is 4.73. The number of nitrogens with zero attached hydrogens (tertiary/aromatic N) is 3. The Balaban J connectivity index is 0.00000200. The molecule has 20 heavy (non-hydrogen) atoms. The molecule has 0 atom stereocenters. The number of hydrogen-bond donors (Lipinski definition) is 2. The van der Waals surface area contributed by atoms with Crippen LogP contribution in [0.5, 0.6) is 0 Å². The van der Waals surface area contributed by atoms with Crippen LogP contribution in [-0.2, 0) is 6.42 Å². The van der Waals surface area contributed by atoms with Gasteiger partial charge >= 0.3 is 0 Å². The van der Waals surface area contributed by atoms with Crippen molar-refractivity contribution in [2.75, 3.05) is 26.2 Å². The van der Waals surface area contributed by atoms with E-state index in [0.717, 1.165) is 45.0 Å². The van der Waals surface area contributed by atoms with Gasteiger partial charge in [-0.05, 0) is 45.1 Å². The molecule has 1 aromatic heterocycles. The largest absolute Gasteiger partial charge is 0.357 e. The molecule has 0 spiro atoms. The Morgan fingerprint density at radius 3 is 2.80 bits per heavy atom. The molecule has 0 bridgehead atoms. The lowest BCUT2D eigenvalue weighted by Crippen LogP contribution is -2.39. The minimum Gasteiger partial charge on any atom is -0.357 e. The summed E-state index contributed by atoms with van der Waals surface area (Å²) in [5, 5.41) is 10.4. The Hall–Kier alpha value is -0.790. The van der Waals surface area contributed by atoms with E-state index >= 15 is 0 Å². The van der Waals surface area contributed by atoms with Crippen molar-refractivity contribution >= 4 is 29.9 Å². The van der Waals surface area contributed by atoms with E-state index in [1.165, 1.54) is 24.1 Å². The first-order chi connectivity index (χ1) is 9.31. The van der Waals surface area contributed by atoms with Crippen molar-refractivity contribution in [3.63, 3.8) is 0 Å². The number of hydrogen-bond acceptors (Lipinski definition) is 2. The molecule has 0 aromatic carbocycles. The van der Waals surface area contributed by atoms with Crippen LogP contribution in [0.3, 0.4) is 0 Å². The Bertz CT molecular complexity index is 409. The van der Waals surface area contributed by atoms with Gasteiger partial charge in [0.15, 0.2) is 5.96 Å². The summed E-state index contributed by atoms with van der Waals surface area (Å²) >= 11 is 0. The van der Waals surface area contributed by atoms with Gasteiger partial charge in [-0.15, -0.1) is 24.0 Å². The molecule has 0 unspecified atom stereocenters. The highest BCUT2D eigenvalue weighted by Gasteiger charge is 2.15. The number of rotatable bonds is 5. The van der Waals surface area contributed by atoms with Crippen LogP contribution in [0.2, 0.25) is 0 Å². The van der Waals surface area contributed by atoms with Gasteiger partial charge in [0.1, 0.15) is 0 Å². The van der Waals surface area contributed by atoms with Gasteiger partial charge in [0.05, 0.1) is 6.20 Å². The molecule has 0 amide bonds. The van der Waals surface area contributed by atoms with Gasteiger partial charge in [-0.3, -0.25) is 10.1 Å². The molecule has 1 aromatic rings. The Kier molecular flexibility index (Phi) is 7.94. The minimum atomic E-state index is 0. The van der Waals surface area contributed by atoms with Crippen molar-refractivity contribution in [3.05, 3.63) is 17.5 Å². The van der Waals surface area contributed by atoms with Crippen molar-refractivity contribution in [2.24, 2.45) is 4.99 Å². The number of halogens is 1. The lowest BCUT2D eigenvalue weighted by Gasteiger charge is -2.20. The Morgan fingerprint density at radius 1 is 1.45 bits per heavy atom. The maximum Gasteiger partial charge on any atom is 0.193 e. The van der Waals surface area contributed by atoms with E-state index in [-0.39, 0.29) is 24.0 Å². The lowest BCUT2D eigenvalue weighted by molar-refractivity contribution is 0.493. The molecule has 1 saturated heterocycles. The highest BCUT2D eigenvalue weighted by Crippen LogP contribution is 2.08. The Labute approximate surface area is 138 Å². The van der Waals surface area contributed by atoms with Gasteiger partial charge in [0.25, 0.3) is 0 Å². The van der Waals surface area contributed by atoms with Crippen LogP contribution in [0.1, 0.15) is 37.4 Å². The van der Waals surface area contributed by atoms with E-state index in [9.17, 15) is 0 Å². The van der Waals surface area contributed by atoms with Crippen LogP contribution in [-0.4, -0.2) is 47.2 Å². The first-order valence-corrected chi connectivity index (χ1v) is 7.33. The summed E-state index contributed by atoms with van der Waals surface area (Å²) in [5.41, 5.74) is 2.48. The molecule has 0 aliphatic carbocycles. The van der Waals surface area contributed by atoms with Crippen molar-refractivity contribution < 1.29 is 0 Å². The quantitative estimate of drug-likeness (QED) is 0.351. The second-order valence-electron chi connectivity index (χ2n) is 5.05. The molecular weight excluding hydrogens is 365 g/mol. The predicted octanol–water partition coefficient (Wildman–Crippen LogP) is 2.33. The monoisotopic (exact) mass is 391 g/mol. The van der Waals surface area contributed by atoms with Crippen molar-refractivity contribution in [2.45, 2.75) is 39.5 Å². The SMILES string of the molecule is CCNC(=NCCCc1cn[nH]c1C)N1CCCC1.I. The number of likely N-dealkylation sites (tertiary alicyclic amines) is 1. The van der Waals surface area contributed by atoms with E-state index in [1.54, 1.807) is 0 Å². The minimum absolute atomic E-state index is 0. The smallest absolute Gasteiger partial charge is 0.193 e. The van der Waals surface area contributed by atoms with Gasteiger partial charge in [-0.1, -0.05) is 0 Å². The number of aliphatic imine (C=N–C) groups is 1. The zero-order valence-corrected chi connectivity index (χ0v) is 14.8. The third-order valence-corrected chi connectivity index (χ3v) is 3.54. The predicted molar refractivity (Wildman–Crippen MR) is 93.8 cm³/mol. The van der Waals surface area contributed by atoms with Gasteiger partial charge in [-0.2, -0.15) is 5.10 Å². The number of aryl methyl sites for hydroxylation is 2. The third kappa shape index (κ3) is 4.96. The molecule has 2 heterocycles. The maximum atomic E-state index is 4.73. The number of aromatic nitrogens is 2. The number of aromatic amines is 1. The fraction of sp³-hybridized carbons (Fsp3) is 0.714. The fourth-order valence-electron chi connectivity index (χ4n) is 2.44. The average Bonchev–Trinajstić information content (AvgIpc) is 3.05. The summed E-state index contributed by atoms with van der Waals surface area (Å²) in [7, 11) is 0. The molecule has 2 rings (SSSR count). The second kappa shape index (κ2) is 9.20. The summed E-state index contributed by atoms with van der Waals surface area (Å²) in [6.07, 6.45) is 6.62. The van der Waals surface area contributed by atoms with Gasteiger partial charge < -0.3 is 10.2 Å². The fourth-order valence-corrected chi connectivity index (χ4v) is 2.44. The molecule has 114 valence electrons.